The number of amidine groups is 1. The average molecular weight is 247 g/mol. The summed E-state index contributed by atoms with van der Waals surface area (Å²) < 4.78 is 0. The smallest absolute Gasteiger partial charge is 0.147 e. The van der Waals surface area contributed by atoms with Gasteiger partial charge in [-0.25, -0.2) is 0 Å². The second-order valence-electron chi connectivity index (χ2n) is 4.92. The quantitative estimate of drug-likeness (QED) is 0.227. The first-order valence-corrected chi connectivity index (χ1v) is 6.54. The molecule has 18 heavy (non-hydrogen) atoms. The summed E-state index contributed by atoms with van der Waals surface area (Å²) in [5.74, 6) is 1.13. The lowest BCUT2D eigenvalue weighted by Gasteiger charge is -2.16. The first kappa shape index (κ1) is 12.9. The highest BCUT2D eigenvalue weighted by atomic mass is 16.4. The second kappa shape index (κ2) is 6.40. The molecule has 4 N–H and O–H groups in total. The Bertz CT molecular complexity index is 387. The molecule has 1 aromatic rings. The van der Waals surface area contributed by atoms with Crippen molar-refractivity contribution >= 4 is 5.84 Å². The fraction of sp³-hybridized carbons (Fsp3) is 0.500. The van der Waals surface area contributed by atoms with Crippen LogP contribution in [-0.4, -0.2) is 24.1 Å². The van der Waals surface area contributed by atoms with Crippen LogP contribution in [0.25, 0.3) is 0 Å². The fourth-order valence-corrected chi connectivity index (χ4v) is 2.11. The fourth-order valence-electron chi connectivity index (χ4n) is 2.11. The summed E-state index contributed by atoms with van der Waals surface area (Å²) >= 11 is 0. The molecular weight excluding hydrogens is 226 g/mol. The molecule has 1 aliphatic rings. The summed E-state index contributed by atoms with van der Waals surface area (Å²) in [7, 11) is 0. The first-order valence-electron chi connectivity index (χ1n) is 6.54. The lowest BCUT2D eigenvalue weighted by atomic mass is 9.98. The summed E-state index contributed by atoms with van der Waals surface area (Å²) in [6.45, 7) is 1.72. The van der Waals surface area contributed by atoms with E-state index in [2.05, 4.69) is 10.5 Å². The molecule has 1 fully saturated rings. The van der Waals surface area contributed by atoms with Gasteiger partial charge in [0.2, 0.25) is 0 Å². The van der Waals surface area contributed by atoms with Gasteiger partial charge in [0.1, 0.15) is 5.84 Å². The molecular formula is C14H21N3O. The zero-order chi connectivity index (χ0) is 12.8. The van der Waals surface area contributed by atoms with E-state index in [-0.39, 0.29) is 11.8 Å². The standard InChI is InChI=1S/C14H21N3O/c15-14(17-18)13(12-4-2-1-3-5-12)10-16-9-8-11-6-7-11/h1-5,11,13,16,18H,6-10H2,(H2,15,17). The number of benzene rings is 1. The van der Waals surface area contributed by atoms with Gasteiger partial charge >= 0.3 is 0 Å². The third-order valence-corrected chi connectivity index (χ3v) is 3.45. The van der Waals surface area contributed by atoms with Crippen molar-refractivity contribution in [1.29, 1.82) is 0 Å². The molecule has 1 saturated carbocycles. The number of hydrogen-bond acceptors (Lipinski definition) is 3. The van der Waals surface area contributed by atoms with Gasteiger partial charge in [-0.15, -0.1) is 0 Å². The molecule has 0 spiro atoms. The molecule has 0 saturated heterocycles. The lowest BCUT2D eigenvalue weighted by Crippen LogP contribution is -2.32. The Labute approximate surface area is 108 Å². The molecule has 98 valence electrons. The summed E-state index contributed by atoms with van der Waals surface area (Å²) in [4.78, 5) is 0. The molecule has 1 unspecified atom stereocenters. The Balaban J connectivity index is 1.88. The first-order chi connectivity index (χ1) is 8.81. The second-order valence-corrected chi connectivity index (χ2v) is 4.92. The normalized spacial score (nSPS) is 17.7. The van der Waals surface area contributed by atoms with Gasteiger partial charge < -0.3 is 16.3 Å². The number of hydrogen-bond donors (Lipinski definition) is 3. The van der Waals surface area contributed by atoms with E-state index in [1.807, 2.05) is 30.3 Å². The van der Waals surface area contributed by atoms with Crippen molar-refractivity contribution in [3.8, 4) is 0 Å². The highest BCUT2D eigenvalue weighted by Crippen LogP contribution is 2.31. The van der Waals surface area contributed by atoms with Crippen LogP contribution in [0.15, 0.2) is 35.5 Å². The number of nitrogens with two attached hydrogens (primary N) is 1. The van der Waals surface area contributed by atoms with Crippen LogP contribution in [0.3, 0.4) is 0 Å². The highest BCUT2D eigenvalue weighted by molar-refractivity contribution is 5.87. The summed E-state index contributed by atoms with van der Waals surface area (Å²) in [6, 6.07) is 9.91. The van der Waals surface area contributed by atoms with Crippen LogP contribution in [-0.2, 0) is 0 Å². The zero-order valence-corrected chi connectivity index (χ0v) is 10.5. The third-order valence-electron chi connectivity index (χ3n) is 3.45. The monoisotopic (exact) mass is 247 g/mol. The Morgan fingerprint density at radius 2 is 2.11 bits per heavy atom. The predicted octanol–water partition coefficient (Wildman–Crippen LogP) is 1.91. The largest absolute Gasteiger partial charge is 0.409 e. The van der Waals surface area contributed by atoms with Gasteiger partial charge in [-0.2, -0.15) is 0 Å². The van der Waals surface area contributed by atoms with Crippen LogP contribution < -0.4 is 11.1 Å². The summed E-state index contributed by atoms with van der Waals surface area (Å²) in [5, 5.41) is 15.4. The topological polar surface area (TPSA) is 70.6 Å². The van der Waals surface area contributed by atoms with E-state index in [0.29, 0.717) is 6.54 Å². The van der Waals surface area contributed by atoms with Crippen LogP contribution >= 0.6 is 0 Å². The lowest BCUT2D eigenvalue weighted by molar-refractivity contribution is 0.315. The Kier molecular flexibility index (Phi) is 4.59. The average Bonchev–Trinajstić information content (AvgIpc) is 3.23. The highest BCUT2D eigenvalue weighted by Gasteiger charge is 2.21. The van der Waals surface area contributed by atoms with Crippen LogP contribution in [0.1, 0.15) is 30.7 Å². The number of oxime groups is 1. The number of nitrogens with one attached hydrogen (secondary N) is 1. The Hall–Kier alpha value is -1.55. The van der Waals surface area contributed by atoms with Crippen molar-refractivity contribution in [3.05, 3.63) is 35.9 Å². The minimum absolute atomic E-state index is 0.0598. The number of nitrogens with zero attached hydrogens (tertiary/aromatic N) is 1. The van der Waals surface area contributed by atoms with E-state index < -0.39 is 0 Å². The van der Waals surface area contributed by atoms with Gasteiger partial charge in [0.15, 0.2) is 0 Å². The van der Waals surface area contributed by atoms with E-state index in [1.165, 1.54) is 19.3 Å². The minimum Gasteiger partial charge on any atom is -0.409 e. The Morgan fingerprint density at radius 3 is 2.72 bits per heavy atom. The molecule has 0 bridgehead atoms. The van der Waals surface area contributed by atoms with E-state index in [1.54, 1.807) is 0 Å². The van der Waals surface area contributed by atoms with Crippen molar-refractivity contribution in [2.45, 2.75) is 25.2 Å². The molecule has 2 rings (SSSR count). The van der Waals surface area contributed by atoms with Crippen LogP contribution in [0, 0.1) is 5.92 Å². The van der Waals surface area contributed by atoms with Crippen molar-refractivity contribution in [2.75, 3.05) is 13.1 Å². The van der Waals surface area contributed by atoms with Gasteiger partial charge in [-0.1, -0.05) is 48.3 Å². The number of rotatable bonds is 7. The Morgan fingerprint density at radius 1 is 1.39 bits per heavy atom. The van der Waals surface area contributed by atoms with Gasteiger partial charge in [0, 0.05) is 6.54 Å². The molecule has 4 nitrogen and oxygen atoms in total. The van der Waals surface area contributed by atoms with Crippen LogP contribution in [0.5, 0.6) is 0 Å². The zero-order valence-electron chi connectivity index (χ0n) is 10.5. The molecule has 0 heterocycles. The molecule has 0 radical (unpaired) electrons. The maximum Gasteiger partial charge on any atom is 0.147 e. The summed E-state index contributed by atoms with van der Waals surface area (Å²) in [5.41, 5.74) is 6.84. The van der Waals surface area contributed by atoms with Gasteiger partial charge in [0.25, 0.3) is 0 Å². The van der Waals surface area contributed by atoms with E-state index in [9.17, 15) is 0 Å². The van der Waals surface area contributed by atoms with Gasteiger partial charge in [-0.05, 0) is 24.4 Å². The van der Waals surface area contributed by atoms with Gasteiger partial charge in [-0.3, -0.25) is 0 Å². The third kappa shape index (κ3) is 3.74. The van der Waals surface area contributed by atoms with E-state index >= 15 is 0 Å². The maximum absolute atomic E-state index is 8.86. The van der Waals surface area contributed by atoms with Crippen LogP contribution in [0.4, 0.5) is 0 Å². The predicted molar refractivity (Wildman–Crippen MR) is 72.8 cm³/mol. The van der Waals surface area contributed by atoms with E-state index in [0.717, 1.165) is 18.0 Å². The SMILES string of the molecule is NC(=NO)C(CNCCC1CC1)c1ccccc1. The molecule has 4 heteroatoms. The molecule has 0 aliphatic heterocycles. The molecule has 1 aliphatic carbocycles. The van der Waals surface area contributed by atoms with Crippen molar-refractivity contribution in [1.82, 2.24) is 5.32 Å². The van der Waals surface area contributed by atoms with E-state index in [4.69, 9.17) is 10.9 Å². The van der Waals surface area contributed by atoms with Crippen molar-refractivity contribution in [2.24, 2.45) is 16.8 Å². The minimum atomic E-state index is -0.0598. The molecule has 1 aromatic carbocycles. The molecule has 1 atom stereocenters. The van der Waals surface area contributed by atoms with Crippen molar-refractivity contribution < 1.29 is 5.21 Å². The van der Waals surface area contributed by atoms with Crippen LogP contribution in [0.2, 0.25) is 0 Å². The molecule has 0 aromatic heterocycles. The van der Waals surface area contributed by atoms with Crippen molar-refractivity contribution in [3.63, 3.8) is 0 Å². The molecule has 0 amide bonds. The van der Waals surface area contributed by atoms with Gasteiger partial charge in [0.05, 0.1) is 5.92 Å². The maximum atomic E-state index is 8.86. The summed E-state index contributed by atoms with van der Waals surface area (Å²) in [6.07, 6.45) is 3.99.